The Morgan fingerprint density at radius 1 is 1.32 bits per heavy atom. The van der Waals surface area contributed by atoms with Crippen molar-refractivity contribution in [3.05, 3.63) is 46.8 Å². The van der Waals surface area contributed by atoms with Gasteiger partial charge in [-0.1, -0.05) is 23.9 Å². The lowest BCUT2D eigenvalue weighted by atomic mass is 10.1. The maximum absolute atomic E-state index is 6.00. The summed E-state index contributed by atoms with van der Waals surface area (Å²) in [5.74, 6) is 0.972. The SMILES string of the molecule is CSc1ncc2c(n1)CCN(COc1cccc(C)c1C)C2. The first kappa shape index (κ1) is 15.3. The molecule has 0 fully saturated rings. The van der Waals surface area contributed by atoms with E-state index in [1.807, 2.05) is 24.6 Å². The number of rotatable bonds is 4. The van der Waals surface area contributed by atoms with Crippen LogP contribution in [0.5, 0.6) is 5.75 Å². The molecule has 0 radical (unpaired) electrons. The predicted octanol–water partition coefficient (Wildman–Crippen LogP) is 3.21. The van der Waals surface area contributed by atoms with Crippen molar-refractivity contribution in [2.24, 2.45) is 0 Å². The van der Waals surface area contributed by atoms with E-state index < -0.39 is 0 Å². The quantitative estimate of drug-likeness (QED) is 0.640. The largest absolute Gasteiger partial charge is 0.478 e. The third-order valence-corrected chi connectivity index (χ3v) is 4.69. The molecule has 0 aliphatic carbocycles. The highest BCUT2D eigenvalue weighted by Gasteiger charge is 2.18. The van der Waals surface area contributed by atoms with E-state index in [2.05, 4.69) is 34.8 Å². The number of hydrogen-bond donors (Lipinski definition) is 0. The third-order valence-electron chi connectivity index (χ3n) is 4.13. The van der Waals surface area contributed by atoms with Crippen molar-refractivity contribution in [1.82, 2.24) is 14.9 Å². The smallest absolute Gasteiger partial charge is 0.187 e. The van der Waals surface area contributed by atoms with Crippen LogP contribution in [0.2, 0.25) is 0 Å². The first-order valence-electron chi connectivity index (χ1n) is 7.47. The van der Waals surface area contributed by atoms with Crippen molar-refractivity contribution >= 4 is 11.8 Å². The molecule has 0 unspecified atom stereocenters. The van der Waals surface area contributed by atoms with Gasteiger partial charge in [0, 0.05) is 31.3 Å². The molecule has 0 bridgehead atoms. The number of fused-ring (bicyclic) bond motifs is 1. The Bertz CT molecular complexity index is 675. The topological polar surface area (TPSA) is 38.2 Å². The number of aryl methyl sites for hydroxylation is 1. The molecule has 1 aromatic heterocycles. The van der Waals surface area contributed by atoms with Gasteiger partial charge >= 0.3 is 0 Å². The van der Waals surface area contributed by atoms with Gasteiger partial charge in [-0.25, -0.2) is 9.97 Å². The third kappa shape index (κ3) is 3.25. The Balaban J connectivity index is 1.64. The lowest BCUT2D eigenvalue weighted by molar-refractivity contribution is 0.112. The Hall–Kier alpha value is -1.59. The normalized spacial score (nSPS) is 14.7. The van der Waals surface area contributed by atoms with E-state index in [1.54, 1.807) is 11.8 Å². The number of nitrogens with zero attached hydrogens (tertiary/aromatic N) is 3. The van der Waals surface area contributed by atoms with Gasteiger partial charge in [-0.15, -0.1) is 0 Å². The lowest BCUT2D eigenvalue weighted by Gasteiger charge is -2.28. The minimum Gasteiger partial charge on any atom is -0.478 e. The maximum atomic E-state index is 6.00. The predicted molar refractivity (Wildman–Crippen MR) is 89.3 cm³/mol. The highest BCUT2D eigenvalue weighted by atomic mass is 32.2. The molecule has 0 saturated heterocycles. The van der Waals surface area contributed by atoms with E-state index in [1.165, 1.54) is 22.4 Å². The van der Waals surface area contributed by atoms with Gasteiger partial charge < -0.3 is 4.74 Å². The standard InChI is InChI=1S/C17H21N3OS/c1-12-5-4-6-16(13(12)2)21-11-20-8-7-15-14(10-20)9-18-17(19-15)22-3/h4-6,9H,7-8,10-11H2,1-3H3. The zero-order valence-electron chi connectivity index (χ0n) is 13.3. The van der Waals surface area contributed by atoms with Crippen molar-refractivity contribution in [1.29, 1.82) is 0 Å². The maximum Gasteiger partial charge on any atom is 0.187 e. The monoisotopic (exact) mass is 315 g/mol. The summed E-state index contributed by atoms with van der Waals surface area (Å²) in [6.07, 6.45) is 4.93. The Morgan fingerprint density at radius 2 is 2.18 bits per heavy atom. The Kier molecular flexibility index (Phi) is 4.64. The van der Waals surface area contributed by atoms with Crippen molar-refractivity contribution in [3.8, 4) is 5.75 Å². The highest BCUT2D eigenvalue weighted by molar-refractivity contribution is 7.98. The van der Waals surface area contributed by atoms with Crippen LogP contribution in [0.15, 0.2) is 29.6 Å². The molecule has 1 aromatic carbocycles. The number of aromatic nitrogens is 2. The minimum absolute atomic E-state index is 0.605. The molecule has 2 heterocycles. The van der Waals surface area contributed by atoms with Crippen LogP contribution in [0.4, 0.5) is 0 Å². The van der Waals surface area contributed by atoms with Gasteiger partial charge in [-0.2, -0.15) is 0 Å². The van der Waals surface area contributed by atoms with Crippen LogP contribution in [-0.2, 0) is 13.0 Å². The van der Waals surface area contributed by atoms with E-state index in [9.17, 15) is 0 Å². The molecule has 5 heteroatoms. The van der Waals surface area contributed by atoms with Crippen molar-refractivity contribution in [2.75, 3.05) is 19.5 Å². The summed E-state index contributed by atoms with van der Waals surface area (Å²) in [7, 11) is 0. The molecule has 3 rings (SSSR count). The summed E-state index contributed by atoms with van der Waals surface area (Å²) < 4.78 is 6.00. The van der Waals surface area contributed by atoms with E-state index in [-0.39, 0.29) is 0 Å². The van der Waals surface area contributed by atoms with Gasteiger partial charge in [0.15, 0.2) is 5.16 Å². The van der Waals surface area contributed by atoms with Crippen LogP contribution >= 0.6 is 11.8 Å². The summed E-state index contributed by atoms with van der Waals surface area (Å²) in [5.41, 5.74) is 4.88. The zero-order chi connectivity index (χ0) is 15.5. The molecular formula is C17H21N3OS. The number of thioether (sulfide) groups is 1. The number of ether oxygens (including phenoxy) is 1. The van der Waals surface area contributed by atoms with E-state index in [4.69, 9.17) is 4.74 Å². The second-order valence-electron chi connectivity index (χ2n) is 5.60. The molecule has 1 aliphatic heterocycles. The summed E-state index contributed by atoms with van der Waals surface area (Å²) >= 11 is 1.59. The molecule has 0 spiro atoms. The van der Waals surface area contributed by atoms with Crippen LogP contribution in [0.25, 0.3) is 0 Å². The fraction of sp³-hybridized carbons (Fsp3) is 0.412. The lowest BCUT2D eigenvalue weighted by Crippen LogP contribution is -2.34. The number of hydrogen-bond acceptors (Lipinski definition) is 5. The molecule has 0 saturated carbocycles. The van der Waals surface area contributed by atoms with E-state index in [0.717, 1.165) is 30.4 Å². The molecule has 4 nitrogen and oxygen atoms in total. The molecular weight excluding hydrogens is 294 g/mol. The molecule has 22 heavy (non-hydrogen) atoms. The molecule has 0 atom stereocenters. The van der Waals surface area contributed by atoms with Crippen molar-refractivity contribution in [3.63, 3.8) is 0 Å². The van der Waals surface area contributed by atoms with E-state index in [0.29, 0.717) is 6.73 Å². The van der Waals surface area contributed by atoms with Gasteiger partial charge in [0.2, 0.25) is 0 Å². The van der Waals surface area contributed by atoms with Crippen molar-refractivity contribution < 1.29 is 4.74 Å². The van der Waals surface area contributed by atoms with Crippen LogP contribution in [0, 0.1) is 13.8 Å². The molecule has 0 amide bonds. The fourth-order valence-corrected chi connectivity index (χ4v) is 2.97. The van der Waals surface area contributed by atoms with Crippen molar-refractivity contribution in [2.45, 2.75) is 32.0 Å². The Labute approximate surface area is 135 Å². The fourth-order valence-electron chi connectivity index (χ4n) is 2.61. The minimum atomic E-state index is 0.605. The number of benzene rings is 1. The summed E-state index contributed by atoms with van der Waals surface area (Å²) in [5, 5.41) is 0.860. The molecule has 2 aromatic rings. The first-order chi connectivity index (χ1) is 10.7. The van der Waals surface area contributed by atoms with Crippen LogP contribution < -0.4 is 4.74 Å². The summed E-state index contributed by atoms with van der Waals surface area (Å²) in [6.45, 7) is 6.65. The van der Waals surface area contributed by atoms with Gasteiger partial charge in [0.1, 0.15) is 12.5 Å². The average Bonchev–Trinajstić information content (AvgIpc) is 2.55. The van der Waals surface area contributed by atoms with Gasteiger partial charge in [-0.05, 0) is 37.3 Å². The average molecular weight is 315 g/mol. The molecule has 1 aliphatic rings. The van der Waals surface area contributed by atoms with Gasteiger partial charge in [0.05, 0.1) is 5.69 Å². The summed E-state index contributed by atoms with van der Waals surface area (Å²) in [4.78, 5) is 11.3. The van der Waals surface area contributed by atoms with Crippen LogP contribution in [0.3, 0.4) is 0 Å². The van der Waals surface area contributed by atoms with Crippen LogP contribution in [-0.4, -0.2) is 34.4 Å². The first-order valence-corrected chi connectivity index (χ1v) is 8.70. The zero-order valence-corrected chi connectivity index (χ0v) is 14.1. The summed E-state index contributed by atoms with van der Waals surface area (Å²) in [6, 6.07) is 6.19. The van der Waals surface area contributed by atoms with E-state index >= 15 is 0 Å². The molecule has 0 N–H and O–H groups in total. The van der Waals surface area contributed by atoms with Crippen LogP contribution in [0.1, 0.15) is 22.4 Å². The molecule has 116 valence electrons. The van der Waals surface area contributed by atoms with Gasteiger partial charge in [0.25, 0.3) is 0 Å². The second-order valence-corrected chi connectivity index (χ2v) is 6.38. The van der Waals surface area contributed by atoms with Gasteiger partial charge in [-0.3, -0.25) is 4.90 Å². The Morgan fingerprint density at radius 3 is 3.00 bits per heavy atom. The second kappa shape index (κ2) is 6.67. The highest BCUT2D eigenvalue weighted by Crippen LogP contribution is 2.22.